The van der Waals surface area contributed by atoms with Crippen LogP contribution >= 0.6 is 24.0 Å². The molecule has 1 fully saturated rings. The van der Waals surface area contributed by atoms with E-state index in [1.54, 1.807) is 26.0 Å². The normalized spacial score (nSPS) is 12.4. The number of nitrogens with one attached hydrogen (secondary N) is 4. The number of thiocarbonyl (C=S) groups is 1. The Balaban J connectivity index is 1.16. The lowest BCUT2D eigenvalue weighted by molar-refractivity contribution is -0.127. The zero-order chi connectivity index (χ0) is 37.0. The third kappa shape index (κ3) is 9.96. The predicted octanol–water partition coefficient (Wildman–Crippen LogP) is 2.92. The van der Waals surface area contributed by atoms with Gasteiger partial charge in [-0.2, -0.15) is 0 Å². The van der Waals surface area contributed by atoms with E-state index >= 15 is 0 Å². The second-order valence-corrected chi connectivity index (χ2v) is 13.6. The van der Waals surface area contributed by atoms with Crippen molar-refractivity contribution in [2.45, 2.75) is 33.6 Å². The Morgan fingerprint density at radius 2 is 1.37 bits per heavy atom. The van der Waals surface area contributed by atoms with Gasteiger partial charge in [0.25, 0.3) is 22.9 Å². The highest BCUT2D eigenvalue weighted by atomic mass is 32.2. The van der Waals surface area contributed by atoms with Crippen molar-refractivity contribution in [3.05, 3.63) is 127 Å². The van der Waals surface area contributed by atoms with Crippen molar-refractivity contribution in [1.82, 2.24) is 30.4 Å². The lowest BCUT2D eigenvalue weighted by atomic mass is 10.1. The van der Waals surface area contributed by atoms with Crippen LogP contribution in [-0.2, 0) is 24.6 Å². The summed E-state index contributed by atoms with van der Waals surface area (Å²) < 4.78 is 13.5. The summed E-state index contributed by atoms with van der Waals surface area (Å²) in [6.07, 6.45) is 0. The molecule has 52 heavy (non-hydrogen) atoms. The Labute approximate surface area is 310 Å². The first-order valence-electron chi connectivity index (χ1n) is 16.7. The molecule has 0 radical (unpaired) electrons. The maximum atomic E-state index is 13.7. The fourth-order valence-corrected chi connectivity index (χ4v) is 6.63. The summed E-state index contributed by atoms with van der Waals surface area (Å²) in [5, 5.41) is 8.75. The van der Waals surface area contributed by atoms with Crippen molar-refractivity contribution in [3.8, 4) is 11.5 Å². The SMILES string of the molecule is Cc1cc(C(=O)NCCNCCNC(=O)c2cc(C)n(CC(=O)N3CCSC3=S)c(=O)c2OCc2ccccc2)c(OCc2ccccc2)c(=O)[nH]1. The van der Waals surface area contributed by atoms with Gasteiger partial charge in [0.15, 0.2) is 11.5 Å². The minimum Gasteiger partial charge on any atom is -0.482 e. The van der Waals surface area contributed by atoms with Crippen LogP contribution in [0.15, 0.2) is 82.4 Å². The van der Waals surface area contributed by atoms with Crippen LogP contribution in [0.4, 0.5) is 0 Å². The third-order valence-electron chi connectivity index (χ3n) is 8.06. The number of aryl methyl sites for hydroxylation is 2. The van der Waals surface area contributed by atoms with Crippen molar-refractivity contribution >= 4 is 46.0 Å². The van der Waals surface area contributed by atoms with Gasteiger partial charge in [-0.05, 0) is 37.1 Å². The van der Waals surface area contributed by atoms with Crippen LogP contribution in [0.2, 0.25) is 0 Å². The smallest absolute Gasteiger partial charge is 0.294 e. The first kappa shape index (κ1) is 38.0. The Morgan fingerprint density at radius 3 is 1.92 bits per heavy atom. The predicted molar refractivity (Wildman–Crippen MR) is 203 cm³/mol. The number of carbonyl (C=O) groups is 3. The standard InChI is InChI=1S/C37H40N6O7S2/c1-24-19-28(31(35(47)41-24)49-22-26-9-5-3-6-10-26)33(45)39-15-13-38-14-16-40-34(46)29-20-25(2)43(21-30(44)42-17-18-52-37(42)51)36(48)32(29)50-23-27-11-7-4-8-12-27/h3-12,19-20,38H,13-18,21-23H2,1-2H3,(H,39,45)(H,40,46)(H,41,47). The minimum absolute atomic E-state index is 0.0467. The van der Waals surface area contributed by atoms with E-state index in [0.29, 0.717) is 41.1 Å². The van der Waals surface area contributed by atoms with E-state index in [4.69, 9.17) is 21.7 Å². The van der Waals surface area contributed by atoms with E-state index in [0.717, 1.165) is 11.1 Å². The molecule has 5 rings (SSSR count). The van der Waals surface area contributed by atoms with Crippen LogP contribution in [0.3, 0.4) is 0 Å². The van der Waals surface area contributed by atoms with Crippen molar-refractivity contribution in [2.24, 2.45) is 0 Å². The van der Waals surface area contributed by atoms with E-state index in [1.165, 1.54) is 21.2 Å². The van der Waals surface area contributed by atoms with Crippen molar-refractivity contribution < 1.29 is 23.9 Å². The molecule has 0 saturated carbocycles. The van der Waals surface area contributed by atoms with Gasteiger partial charge in [0, 0.05) is 49.9 Å². The van der Waals surface area contributed by atoms with Gasteiger partial charge in [-0.3, -0.25) is 28.9 Å². The molecule has 0 unspecified atom stereocenters. The molecule has 1 aliphatic rings. The van der Waals surface area contributed by atoms with Gasteiger partial charge in [0.1, 0.15) is 24.1 Å². The topological polar surface area (TPSA) is 164 Å². The molecule has 0 aliphatic carbocycles. The highest BCUT2D eigenvalue weighted by Gasteiger charge is 2.27. The number of amides is 3. The van der Waals surface area contributed by atoms with Gasteiger partial charge in [-0.1, -0.05) is 84.6 Å². The number of benzene rings is 2. The fraction of sp³-hybridized carbons (Fsp3) is 0.297. The molecule has 0 atom stereocenters. The van der Waals surface area contributed by atoms with Crippen LogP contribution in [0.25, 0.3) is 0 Å². The number of hydrogen-bond donors (Lipinski definition) is 4. The monoisotopic (exact) mass is 744 g/mol. The summed E-state index contributed by atoms with van der Waals surface area (Å²) in [7, 11) is 0. The molecule has 1 saturated heterocycles. The average molecular weight is 745 g/mol. The second kappa shape index (κ2) is 18.3. The molecule has 3 heterocycles. The van der Waals surface area contributed by atoms with Gasteiger partial charge in [-0.25, -0.2) is 0 Å². The maximum absolute atomic E-state index is 13.7. The molecule has 0 bridgehead atoms. The Kier molecular flexibility index (Phi) is 13.4. The zero-order valence-electron chi connectivity index (χ0n) is 28.9. The molecule has 4 aromatic rings. The molecule has 3 amide bonds. The van der Waals surface area contributed by atoms with Crippen LogP contribution < -0.4 is 36.5 Å². The summed E-state index contributed by atoms with van der Waals surface area (Å²) in [4.78, 5) is 69.9. The Hall–Kier alpha value is -5.25. The van der Waals surface area contributed by atoms with E-state index in [2.05, 4.69) is 20.9 Å². The minimum atomic E-state index is -0.592. The van der Waals surface area contributed by atoms with Gasteiger partial charge < -0.3 is 35.0 Å². The first-order chi connectivity index (χ1) is 25.1. The number of hydrogen-bond acceptors (Lipinski definition) is 10. The summed E-state index contributed by atoms with van der Waals surface area (Å²) in [6.45, 7) is 4.94. The summed E-state index contributed by atoms with van der Waals surface area (Å²) in [6, 6.07) is 21.7. The van der Waals surface area contributed by atoms with Crippen LogP contribution in [0.5, 0.6) is 11.5 Å². The number of ether oxygens (including phenoxy) is 2. The number of aromatic amines is 1. The molecule has 272 valence electrons. The Morgan fingerprint density at radius 1 is 0.808 bits per heavy atom. The van der Waals surface area contributed by atoms with Crippen molar-refractivity contribution in [2.75, 3.05) is 38.5 Å². The van der Waals surface area contributed by atoms with Gasteiger partial charge >= 0.3 is 0 Å². The number of thioether (sulfide) groups is 1. The number of pyridine rings is 2. The largest absolute Gasteiger partial charge is 0.482 e. The van der Waals surface area contributed by atoms with Crippen molar-refractivity contribution in [1.29, 1.82) is 0 Å². The summed E-state index contributed by atoms with van der Waals surface area (Å²) in [5.41, 5.74) is 1.71. The average Bonchev–Trinajstić information content (AvgIpc) is 3.58. The summed E-state index contributed by atoms with van der Waals surface area (Å²) in [5.74, 6) is -0.785. The molecule has 4 N–H and O–H groups in total. The molecular formula is C37H40N6O7S2. The number of nitrogens with zero attached hydrogens (tertiary/aromatic N) is 2. The highest BCUT2D eigenvalue weighted by molar-refractivity contribution is 8.23. The van der Waals surface area contributed by atoms with Crippen LogP contribution in [0.1, 0.15) is 43.2 Å². The lowest BCUT2D eigenvalue weighted by Gasteiger charge is -2.19. The second-order valence-electron chi connectivity index (χ2n) is 11.9. The number of H-pyrrole nitrogens is 1. The van der Waals surface area contributed by atoms with Gasteiger partial charge in [0.05, 0.1) is 11.1 Å². The lowest BCUT2D eigenvalue weighted by Crippen LogP contribution is -2.39. The number of carbonyl (C=O) groups excluding carboxylic acids is 3. The van der Waals surface area contributed by atoms with E-state index in [-0.39, 0.29) is 61.4 Å². The molecule has 1 aliphatic heterocycles. The highest BCUT2D eigenvalue weighted by Crippen LogP contribution is 2.21. The number of aromatic nitrogens is 2. The van der Waals surface area contributed by atoms with Gasteiger partial charge in [0.2, 0.25) is 5.91 Å². The first-order valence-corrected chi connectivity index (χ1v) is 18.1. The van der Waals surface area contributed by atoms with E-state index in [1.807, 2.05) is 60.7 Å². The molecule has 15 heteroatoms. The zero-order valence-corrected chi connectivity index (χ0v) is 30.5. The fourth-order valence-electron chi connectivity index (χ4n) is 5.39. The summed E-state index contributed by atoms with van der Waals surface area (Å²) >= 11 is 6.70. The van der Waals surface area contributed by atoms with Gasteiger partial charge in [-0.15, -0.1) is 0 Å². The number of rotatable bonds is 16. The molecule has 2 aromatic heterocycles. The quantitative estimate of drug-likeness (QED) is 0.0992. The third-order valence-corrected chi connectivity index (χ3v) is 9.48. The van der Waals surface area contributed by atoms with Crippen LogP contribution in [-0.4, -0.2) is 75.0 Å². The Bertz CT molecular complexity index is 2040. The van der Waals surface area contributed by atoms with E-state index < -0.39 is 22.9 Å². The molecule has 0 spiro atoms. The molecule has 2 aromatic carbocycles. The molecule has 13 nitrogen and oxygen atoms in total. The van der Waals surface area contributed by atoms with E-state index in [9.17, 15) is 24.0 Å². The van der Waals surface area contributed by atoms with Crippen LogP contribution in [0, 0.1) is 13.8 Å². The van der Waals surface area contributed by atoms with Crippen molar-refractivity contribution in [3.63, 3.8) is 0 Å². The maximum Gasteiger partial charge on any atom is 0.294 e. The molecular weight excluding hydrogens is 705 g/mol.